The Labute approximate surface area is 109 Å². The van der Waals surface area contributed by atoms with Crippen molar-refractivity contribution in [3.63, 3.8) is 0 Å². The van der Waals surface area contributed by atoms with E-state index in [1.807, 2.05) is 0 Å². The molecule has 0 aliphatic rings. The second-order valence-electron chi connectivity index (χ2n) is 4.78. The number of carbonyl (C=O) groups is 2. The summed E-state index contributed by atoms with van der Waals surface area (Å²) < 4.78 is 27.0. The zero-order valence-corrected chi connectivity index (χ0v) is 10.8. The van der Waals surface area contributed by atoms with Crippen molar-refractivity contribution in [1.29, 1.82) is 0 Å². The lowest BCUT2D eigenvalue weighted by Gasteiger charge is -2.23. The highest BCUT2D eigenvalue weighted by Crippen LogP contribution is 2.23. The Morgan fingerprint density at radius 2 is 1.74 bits per heavy atom. The maximum atomic E-state index is 13.5. The molecule has 0 spiro atoms. The number of carboxylic acid groups (broad SMARTS) is 1. The molecule has 0 fully saturated rings. The summed E-state index contributed by atoms with van der Waals surface area (Å²) in [5, 5.41) is 11.1. The number of halogens is 2. The molecular formula is C13H15F2NO3. The first-order valence-electron chi connectivity index (χ1n) is 5.66. The van der Waals surface area contributed by atoms with Crippen molar-refractivity contribution in [1.82, 2.24) is 5.32 Å². The van der Waals surface area contributed by atoms with Crippen molar-refractivity contribution in [3.8, 4) is 0 Å². The fourth-order valence-corrected chi connectivity index (χ4v) is 1.53. The van der Waals surface area contributed by atoms with Gasteiger partial charge in [-0.25, -0.2) is 13.6 Å². The van der Waals surface area contributed by atoms with Gasteiger partial charge in [0, 0.05) is 5.56 Å². The average Bonchev–Trinajstić information content (AvgIpc) is 2.27. The molecule has 1 atom stereocenters. The van der Waals surface area contributed by atoms with Crippen LogP contribution in [0.4, 0.5) is 8.78 Å². The molecule has 1 aromatic rings. The number of benzene rings is 1. The van der Waals surface area contributed by atoms with Crippen LogP contribution in [0.5, 0.6) is 0 Å². The summed E-state index contributed by atoms with van der Waals surface area (Å²) in [6.07, 6.45) is 0. The molecule has 2 N–H and O–H groups in total. The minimum absolute atomic E-state index is 0.374. The van der Waals surface area contributed by atoms with E-state index in [1.54, 1.807) is 0 Å². The van der Waals surface area contributed by atoms with Gasteiger partial charge in [-0.05, 0) is 32.9 Å². The van der Waals surface area contributed by atoms with Crippen molar-refractivity contribution in [2.24, 2.45) is 0 Å². The third-order valence-corrected chi connectivity index (χ3v) is 2.80. The Morgan fingerprint density at radius 1 is 1.26 bits per heavy atom. The number of rotatable bonds is 4. The number of aliphatic carboxylic acids is 1. The Kier molecular flexibility index (Phi) is 4.24. The van der Waals surface area contributed by atoms with Crippen LogP contribution in [0.15, 0.2) is 18.2 Å². The molecule has 1 amide bonds. The van der Waals surface area contributed by atoms with Crippen molar-refractivity contribution in [2.75, 3.05) is 0 Å². The number of hydrogen-bond acceptors (Lipinski definition) is 2. The molecule has 6 heteroatoms. The fourth-order valence-electron chi connectivity index (χ4n) is 1.53. The first kappa shape index (κ1) is 15.1. The highest BCUT2D eigenvalue weighted by Gasteiger charge is 2.32. The Bertz CT molecular complexity index is 494. The monoisotopic (exact) mass is 271 g/mol. The van der Waals surface area contributed by atoms with Crippen LogP contribution in [0, 0.1) is 11.6 Å². The van der Waals surface area contributed by atoms with Gasteiger partial charge in [-0.15, -0.1) is 0 Å². The predicted octanol–water partition coefficient (Wildman–Crippen LogP) is 2.05. The Morgan fingerprint density at radius 3 is 2.16 bits per heavy atom. The molecule has 0 heterocycles. The molecule has 1 unspecified atom stereocenters. The lowest BCUT2D eigenvalue weighted by molar-refractivity contribution is -0.146. The summed E-state index contributed by atoms with van der Waals surface area (Å²) >= 11 is 0. The van der Waals surface area contributed by atoms with Gasteiger partial charge < -0.3 is 10.4 Å². The van der Waals surface area contributed by atoms with Crippen LogP contribution in [0.2, 0.25) is 0 Å². The van der Waals surface area contributed by atoms with Crippen LogP contribution in [0.1, 0.15) is 32.3 Å². The van der Waals surface area contributed by atoms with E-state index in [4.69, 9.17) is 5.11 Å². The number of carboxylic acids is 1. The summed E-state index contributed by atoms with van der Waals surface area (Å²) in [7, 11) is 0. The molecule has 0 bridgehead atoms. The maximum Gasteiger partial charge on any atom is 0.328 e. The third-order valence-electron chi connectivity index (χ3n) is 2.80. The molecule has 0 aliphatic heterocycles. The summed E-state index contributed by atoms with van der Waals surface area (Å²) in [5.74, 6) is -4.79. The van der Waals surface area contributed by atoms with Crippen LogP contribution < -0.4 is 5.32 Å². The van der Waals surface area contributed by atoms with E-state index in [0.29, 0.717) is 0 Å². The lowest BCUT2D eigenvalue weighted by Crippen LogP contribution is -2.51. The summed E-state index contributed by atoms with van der Waals surface area (Å²) in [6, 6.07) is 3.29. The molecular weight excluding hydrogens is 256 g/mol. The van der Waals surface area contributed by atoms with Crippen LogP contribution in [-0.2, 0) is 9.59 Å². The number of carbonyl (C=O) groups excluding carboxylic acids is 1. The topological polar surface area (TPSA) is 66.4 Å². The van der Waals surface area contributed by atoms with Gasteiger partial charge in [0.15, 0.2) is 0 Å². The minimum Gasteiger partial charge on any atom is -0.480 e. The quantitative estimate of drug-likeness (QED) is 0.880. The van der Waals surface area contributed by atoms with E-state index >= 15 is 0 Å². The van der Waals surface area contributed by atoms with Gasteiger partial charge >= 0.3 is 5.97 Å². The van der Waals surface area contributed by atoms with Crippen molar-refractivity contribution < 1.29 is 23.5 Å². The first-order chi connectivity index (χ1) is 8.66. The molecule has 0 saturated carbocycles. The van der Waals surface area contributed by atoms with Crippen LogP contribution in [0.3, 0.4) is 0 Å². The van der Waals surface area contributed by atoms with Crippen LogP contribution >= 0.6 is 0 Å². The summed E-state index contributed by atoms with van der Waals surface area (Å²) in [4.78, 5) is 22.7. The zero-order chi connectivity index (χ0) is 14.8. The number of amides is 1. The molecule has 4 nitrogen and oxygen atoms in total. The number of hydrogen-bond donors (Lipinski definition) is 2. The Hall–Kier alpha value is -1.98. The van der Waals surface area contributed by atoms with Crippen molar-refractivity contribution in [3.05, 3.63) is 35.4 Å². The predicted molar refractivity (Wildman–Crippen MR) is 64.6 cm³/mol. The summed E-state index contributed by atoms with van der Waals surface area (Å²) in [6.45, 7) is 3.89. The van der Waals surface area contributed by atoms with Crippen LogP contribution in [-0.4, -0.2) is 22.5 Å². The van der Waals surface area contributed by atoms with Gasteiger partial charge in [-0.1, -0.05) is 6.07 Å². The largest absolute Gasteiger partial charge is 0.480 e. The summed E-state index contributed by atoms with van der Waals surface area (Å²) in [5.41, 5.74) is -1.88. The van der Waals surface area contributed by atoms with Gasteiger partial charge in [0.1, 0.15) is 17.2 Å². The average molecular weight is 271 g/mol. The van der Waals surface area contributed by atoms with E-state index in [1.165, 1.54) is 26.8 Å². The highest BCUT2D eigenvalue weighted by atomic mass is 19.1. The highest BCUT2D eigenvalue weighted by molar-refractivity contribution is 5.89. The normalized spacial score (nSPS) is 12.9. The molecule has 104 valence electrons. The van der Waals surface area contributed by atoms with Gasteiger partial charge in [0.2, 0.25) is 5.91 Å². The SMILES string of the molecule is CC(C(=O)NC(C)(C)C(=O)O)c1c(F)cccc1F. The molecule has 0 saturated heterocycles. The fraction of sp³-hybridized carbons (Fsp3) is 0.385. The van der Waals surface area contributed by atoms with E-state index in [9.17, 15) is 18.4 Å². The lowest BCUT2D eigenvalue weighted by atomic mass is 9.97. The van der Waals surface area contributed by atoms with Gasteiger partial charge in [-0.2, -0.15) is 0 Å². The van der Waals surface area contributed by atoms with Gasteiger partial charge in [0.25, 0.3) is 0 Å². The Balaban J connectivity index is 2.98. The molecule has 0 radical (unpaired) electrons. The van der Waals surface area contributed by atoms with Crippen molar-refractivity contribution >= 4 is 11.9 Å². The molecule has 1 aromatic carbocycles. The van der Waals surface area contributed by atoms with E-state index in [-0.39, 0.29) is 5.56 Å². The smallest absolute Gasteiger partial charge is 0.328 e. The zero-order valence-electron chi connectivity index (χ0n) is 10.8. The first-order valence-corrected chi connectivity index (χ1v) is 5.66. The minimum atomic E-state index is -1.51. The van der Waals surface area contributed by atoms with E-state index in [0.717, 1.165) is 12.1 Å². The second kappa shape index (κ2) is 5.34. The van der Waals surface area contributed by atoms with Gasteiger partial charge in [0.05, 0.1) is 5.92 Å². The molecule has 0 aromatic heterocycles. The third kappa shape index (κ3) is 3.27. The van der Waals surface area contributed by atoms with Crippen LogP contribution in [0.25, 0.3) is 0 Å². The number of nitrogens with one attached hydrogen (secondary N) is 1. The second-order valence-corrected chi connectivity index (χ2v) is 4.78. The van der Waals surface area contributed by atoms with Gasteiger partial charge in [-0.3, -0.25) is 4.79 Å². The molecule has 19 heavy (non-hydrogen) atoms. The molecule has 1 rings (SSSR count). The maximum absolute atomic E-state index is 13.5. The van der Waals surface area contributed by atoms with E-state index < -0.39 is 35.0 Å². The standard InChI is InChI=1S/C13H15F2NO3/c1-7(10-8(14)5-4-6-9(10)15)11(17)16-13(2,3)12(18)19/h4-7H,1-3H3,(H,16,17)(H,18,19). The van der Waals surface area contributed by atoms with E-state index in [2.05, 4.69) is 5.32 Å². The van der Waals surface area contributed by atoms with Crippen molar-refractivity contribution in [2.45, 2.75) is 32.2 Å². The molecule has 0 aliphatic carbocycles.